The molecule has 0 saturated carbocycles. The molecule has 3 rings (SSSR count). The molecule has 0 aromatic carbocycles. The van der Waals surface area contributed by atoms with Gasteiger partial charge in [0, 0.05) is 0 Å². The second-order valence-corrected chi connectivity index (χ2v) is 5.64. The highest BCUT2D eigenvalue weighted by Gasteiger charge is 2.57. The number of nitrogens with two attached hydrogens (primary N) is 1. The maximum absolute atomic E-state index is 14.6. The van der Waals surface area contributed by atoms with E-state index in [0.717, 1.165) is 0 Å². The fourth-order valence-electron chi connectivity index (χ4n) is 2.18. The SMILES string of the molecule is Nc1ncnn2c([C@@H]3O[C@H](CO)C(O)[C@]3(F)Br)cnc12. The first kappa shape index (κ1) is 13.6. The van der Waals surface area contributed by atoms with Gasteiger partial charge in [-0.3, -0.25) is 0 Å². The summed E-state index contributed by atoms with van der Waals surface area (Å²) in [5, 5.41) is 22.9. The van der Waals surface area contributed by atoms with E-state index < -0.39 is 29.5 Å². The molecule has 1 aliphatic rings. The second-order valence-electron chi connectivity index (χ2n) is 4.42. The third kappa shape index (κ3) is 1.79. The molecule has 0 bridgehead atoms. The minimum atomic E-state index is -2.27. The Balaban J connectivity index is 2.10. The van der Waals surface area contributed by atoms with Crippen LogP contribution in [0.25, 0.3) is 5.65 Å². The number of alkyl halides is 2. The van der Waals surface area contributed by atoms with Crippen LogP contribution in [0.2, 0.25) is 0 Å². The van der Waals surface area contributed by atoms with Gasteiger partial charge >= 0.3 is 0 Å². The van der Waals surface area contributed by atoms with Gasteiger partial charge in [0.25, 0.3) is 0 Å². The molecular formula is C10H11BrFN5O3. The van der Waals surface area contributed by atoms with E-state index in [1.54, 1.807) is 0 Å². The van der Waals surface area contributed by atoms with Gasteiger partial charge in [0.1, 0.15) is 24.6 Å². The van der Waals surface area contributed by atoms with E-state index >= 15 is 0 Å². The Morgan fingerprint density at radius 1 is 1.55 bits per heavy atom. The van der Waals surface area contributed by atoms with Crippen molar-refractivity contribution in [1.82, 2.24) is 19.6 Å². The van der Waals surface area contributed by atoms with Crippen molar-refractivity contribution in [1.29, 1.82) is 0 Å². The molecule has 4 atom stereocenters. The zero-order valence-corrected chi connectivity index (χ0v) is 11.6. The predicted molar refractivity (Wildman–Crippen MR) is 68.7 cm³/mol. The average Bonchev–Trinajstić information content (AvgIpc) is 2.92. The minimum absolute atomic E-state index is 0.141. The van der Waals surface area contributed by atoms with E-state index in [9.17, 15) is 9.50 Å². The lowest BCUT2D eigenvalue weighted by Gasteiger charge is -2.20. The van der Waals surface area contributed by atoms with E-state index in [2.05, 4.69) is 31.0 Å². The van der Waals surface area contributed by atoms with Crippen molar-refractivity contribution in [3.63, 3.8) is 0 Å². The van der Waals surface area contributed by atoms with Gasteiger partial charge in [-0.2, -0.15) is 5.10 Å². The van der Waals surface area contributed by atoms with Crippen LogP contribution in [0.1, 0.15) is 11.8 Å². The molecule has 2 aromatic rings. The fraction of sp³-hybridized carbons (Fsp3) is 0.500. The number of imidazole rings is 1. The van der Waals surface area contributed by atoms with Gasteiger partial charge in [-0.05, 0) is 15.9 Å². The largest absolute Gasteiger partial charge is 0.394 e. The van der Waals surface area contributed by atoms with Crippen LogP contribution in [0, 0.1) is 0 Å². The van der Waals surface area contributed by atoms with Crippen molar-refractivity contribution in [3.05, 3.63) is 18.2 Å². The molecule has 108 valence electrons. The molecule has 0 amide bonds. The van der Waals surface area contributed by atoms with E-state index in [0.29, 0.717) is 0 Å². The fourth-order valence-corrected chi connectivity index (χ4v) is 2.82. The first-order valence-corrected chi connectivity index (χ1v) is 6.52. The molecule has 8 nitrogen and oxygen atoms in total. The molecule has 1 aliphatic heterocycles. The number of nitrogen functional groups attached to an aromatic ring is 1. The van der Waals surface area contributed by atoms with Gasteiger partial charge in [-0.1, -0.05) is 0 Å². The smallest absolute Gasteiger partial charge is 0.224 e. The number of aromatic nitrogens is 4. The molecule has 0 aliphatic carbocycles. The average molecular weight is 348 g/mol. The van der Waals surface area contributed by atoms with Crippen LogP contribution in [0.4, 0.5) is 10.2 Å². The molecule has 10 heteroatoms. The molecule has 1 saturated heterocycles. The first-order chi connectivity index (χ1) is 9.46. The summed E-state index contributed by atoms with van der Waals surface area (Å²) in [6, 6.07) is 0. The van der Waals surface area contributed by atoms with Crippen LogP contribution in [-0.2, 0) is 4.74 Å². The number of ether oxygens (including phenoxy) is 1. The molecule has 1 fully saturated rings. The molecule has 20 heavy (non-hydrogen) atoms. The van der Waals surface area contributed by atoms with Gasteiger partial charge in [0.15, 0.2) is 11.5 Å². The number of rotatable bonds is 2. The molecule has 0 spiro atoms. The Kier molecular flexibility index (Phi) is 3.12. The zero-order chi connectivity index (χ0) is 14.5. The van der Waals surface area contributed by atoms with E-state index in [1.807, 2.05) is 0 Å². The van der Waals surface area contributed by atoms with Crippen LogP contribution in [-0.4, -0.2) is 53.2 Å². The normalized spacial score (nSPS) is 33.9. The Morgan fingerprint density at radius 2 is 2.30 bits per heavy atom. The lowest BCUT2D eigenvalue weighted by atomic mass is 10.1. The summed E-state index contributed by atoms with van der Waals surface area (Å²) in [6.07, 6.45) is -1.22. The van der Waals surface area contributed by atoms with Crippen molar-refractivity contribution < 1.29 is 19.3 Å². The number of fused-ring (bicyclic) bond motifs is 1. The summed E-state index contributed by atoms with van der Waals surface area (Å²) in [6.45, 7) is -0.511. The number of aliphatic hydroxyl groups is 2. The van der Waals surface area contributed by atoms with Crippen molar-refractivity contribution in [2.75, 3.05) is 12.3 Å². The highest BCUT2D eigenvalue weighted by Crippen LogP contribution is 2.48. The Labute approximate surface area is 120 Å². The molecule has 3 heterocycles. The van der Waals surface area contributed by atoms with E-state index in [4.69, 9.17) is 15.6 Å². The lowest BCUT2D eigenvalue weighted by Crippen LogP contribution is -2.37. The van der Waals surface area contributed by atoms with Crippen molar-refractivity contribution in [2.24, 2.45) is 0 Å². The monoisotopic (exact) mass is 347 g/mol. The van der Waals surface area contributed by atoms with Gasteiger partial charge in [-0.15, -0.1) is 0 Å². The van der Waals surface area contributed by atoms with Crippen LogP contribution in [0.15, 0.2) is 12.5 Å². The lowest BCUT2D eigenvalue weighted by molar-refractivity contribution is -0.0241. The summed E-state index contributed by atoms with van der Waals surface area (Å²) >= 11 is 2.81. The molecule has 0 radical (unpaired) electrons. The third-order valence-corrected chi connectivity index (χ3v) is 4.10. The maximum Gasteiger partial charge on any atom is 0.224 e. The van der Waals surface area contributed by atoms with Crippen LogP contribution < -0.4 is 5.73 Å². The first-order valence-electron chi connectivity index (χ1n) is 5.73. The predicted octanol–water partition coefficient (Wildman–Crippen LogP) is -0.440. The van der Waals surface area contributed by atoms with Crippen LogP contribution in [0.5, 0.6) is 0 Å². The molecule has 2 aromatic heterocycles. The van der Waals surface area contributed by atoms with E-state index in [-0.39, 0.29) is 17.2 Å². The van der Waals surface area contributed by atoms with Gasteiger partial charge in [0.05, 0.1) is 18.5 Å². The number of halogens is 2. The summed E-state index contributed by atoms with van der Waals surface area (Å²) in [7, 11) is 0. The number of aliphatic hydroxyl groups excluding tert-OH is 2. The quantitative estimate of drug-likeness (QED) is 0.630. The Hall–Kier alpha value is -1.36. The number of anilines is 1. The summed E-state index contributed by atoms with van der Waals surface area (Å²) in [5.74, 6) is 0.141. The highest BCUT2D eigenvalue weighted by molar-refractivity contribution is 9.10. The second kappa shape index (κ2) is 4.58. The molecule has 1 unspecified atom stereocenters. The van der Waals surface area contributed by atoms with Crippen molar-refractivity contribution in [3.8, 4) is 0 Å². The standard InChI is InChI=1S/C10H11BrFN5O3/c11-10(12)6(19)5(2-18)20-7(10)4-1-14-9-8(13)15-3-16-17(4)9/h1,3,5-7,18-19H,2H2,(H2,13,15,16)/t5-,6?,7+,10-/m1/s1. The summed E-state index contributed by atoms with van der Waals surface area (Å²) < 4.78 is 19.0. The molecule has 4 N–H and O–H groups in total. The van der Waals surface area contributed by atoms with Crippen molar-refractivity contribution in [2.45, 2.75) is 22.9 Å². The Morgan fingerprint density at radius 3 is 2.95 bits per heavy atom. The summed E-state index contributed by atoms with van der Waals surface area (Å²) in [4.78, 5) is 7.78. The van der Waals surface area contributed by atoms with Crippen molar-refractivity contribution >= 4 is 27.4 Å². The zero-order valence-electron chi connectivity index (χ0n) is 10.0. The topological polar surface area (TPSA) is 119 Å². The number of nitrogens with zero attached hydrogens (tertiary/aromatic N) is 4. The van der Waals surface area contributed by atoms with Crippen LogP contribution in [0.3, 0.4) is 0 Å². The highest BCUT2D eigenvalue weighted by atomic mass is 79.9. The number of hydrogen-bond donors (Lipinski definition) is 3. The maximum atomic E-state index is 14.6. The van der Waals surface area contributed by atoms with Gasteiger partial charge < -0.3 is 20.7 Å². The van der Waals surface area contributed by atoms with E-state index in [1.165, 1.54) is 17.0 Å². The summed E-state index contributed by atoms with van der Waals surface area (Å²) in [5.41, 5.74) is 6.16. The third-order valence-electron chi connectivity index (χ3n) is 3.21. The Bertz CT molecular complexity index is 651. The van der Waals surface area contributed by atoms with Crippen LogP contribution >= 0.6 is 15.9 Å². The molecular weight excluding hydrogens is 337 g/mol. The minimum Gasteiger partial charge on any atom is -0.394 e. The van der Waals surface area contributed by atoms with Gasteiger partial charge in [-0.25, -0.2) is 18.9 Å². The van der Waals surface area contributed by atoms with Gasteiger partial charge in [0.2, 0.25) is 4.58 Å². The number of hydrogen-bond acceptors (Lipinski definition) is 7.